The summed E-state index contributed by atoms with van der Waals surface area (Å²) in [6.45, 7) is 6.86. The zero-order valence-corrected chi connectivity index (χ0v) is 11.8. The minimum Gasteiger partial charge on any atom is -0.341 e. The van der Waals surface area contributed by atoms with Gasteiger partial charge >= 0.3 is 0 Å². The molecule has 0 aliphatic heterocycles. The Bertz CT molecular complexity index is 847. The molecule has 0 bridgehead atoms. The zero-order valence-electron chi connectivity index (χ0n) is 11.8. The Kier molecular flexibility index (Phi) is 2.74. The molecule has 3 aromatic rings. The normalized spacial score (nSPS) is 11.3. The largest absolute Gasteiger partial charge is 0.341 e. The van der Waals surface area contributed by atoms with Gasteiger partial charge in [-0.25, -0.2) is 0 Å². The van der Waals surface area contributed by atoms with Crippen LogP contribution in [0.3, 0.4) is 0 Å². The van der Waals surface area contributed by atoms with E-state index in [2.05, 4.69) is 24.5 Å². The molecule has 0 saturated carbocycles. The standard InChI is InChI=1S/C16H16N2O2/c1-4-17-14-9-8-13(18(19)20)11(3)15(14)12-7-5-6-10(2)16(12)17/h5-9H,4H2,1-3H3. The van der Waals surface area contributed by atoms with Crippen molar-refractivity contribution in [3.8, 4) is 0 Å². The lowest BCUT2D eigenvalue weighted by molar-refractivity contribution is -0.385. The molecule has 3 rings (SSSR count). The summed E-state index contributed by atoms with van der Waals surface area (Å²) in [5.41, 5.74) is 4.38. The van der Waals surface area contributed by atoms with Crippen molar-refractivity contribution >= 4 is 27.5 Å². The molecule has 4 heteroatoms. The molecule has 2 aromatic carbocycles. The van der Waals surface area contributed by atoms with Crippen molar-refractivity contribution in [3.63, 3.8) is 0 Å². The molecule has 0 saturated heterocycles. The molecule has 4 nitrogen and oxygen atoms in total. The van der Waals surface area contributed by atoms with E-state index in [0.717, 1.165) is 28.4 Å². The lowest BCUT2D eigenvalue weighted by Crippen LogP contribution is -1.96. The van der Waals surface area contributed by atoms with Gasteiger partial charge in [-0.2, -0.15) is 0 Å². The van der Waals surface area contributed by atoms with Gasteiger partial charge in [0.15, 0.2) is 0 Å². The molecule has 0 radical (unpaired) electrons. The Balaban J connectivity index is 2.60. The lowest BCUT2D eigenvalue weighted by atomic mass is 10.0. The number of aromatic nitrogens is 1. The Labute approximate surface area is 116 Å². The van der Waals surface area contributed by atoms with Gasteiger partial charge < -0.3 is 4.57 Å². The first-order valence-corrected chi connectivity index (χ1v) is 6.71. The second-order valence-electron chi connectivity index (χ2n) is 5.08. The number of nitro groups is 1. The number of benzene rings is 2. The molecule has 1 aromatic heterocycles. The maximum absolute atomic E-state index is 11.1. The molecule has 102 valence electrons. The van der Waals surface area contributed by atoms with Crippen LogP contribution in [-0.4, -0.2) is 9.49 Å². The van der Waals surface area contributed by atoms with Crippen LogP contribution in [0.15, 0.2) is 30.3 Å². The highest BCUT2D eigenvalue weighted by Crippen LogP contribution is 2.36. The SMILES string of the molecule is CCn1c2ccc([N+](=O)[O-])c(C)c2c2cccc(C)c21. The molecule has 0 aliphatic carbocycles. The highest BCUT2D eigenvalue weighted by molar-refractivity contribution is 6.11. The van der Waals surface area contributed by atoms with Crippen LogP contribution in [0.1, 0.15) is 18.1 Å². The predicted molar refractivity (Wildman–Crippen MR) is 81.2 cm³/mol. The fraction of sp³-hybridized carbons (Fsp3) is 0.250. The Hall–Kier alpha value is -2.36. The predicted octanol–water partition coefficient (Wildman–Crippen LogP) is 4.34. The van der Waals surface area contributed by atoms with E-state index in [1.807, 2.05) is 25.1 Å². The van der Waals surface area contributed by atoms with Crippen LogP contribution in [0.4, 0.5) is 5.69 Å². The second-order valence-corrected chi connectivity index (χ2v) is 5.08. The van der Waals surface area contributed by atoms with Gasteiger partial charge in [-0.3, -0.25) is 10.1 Å². The molecule has 0 atom stereocenters. The first-order chi connectivity index (χ1) is 9.56. The van der Waals surface area contributed by atoms with Crippen LogP contribution in [0, 0.1) is 24.0 Å². The lowest BCUT2D eigenvalue weighted by Gasteiger charge is -2.05. The third-order valence-corrected chi connectivity index (χ3v) is 4.00. The van der Waals surface area contributed by atoms with Crippen molar-refractivity contribution in [2.75, 3.05) is 0 Å². The van der Waals surface area contributed by atoms with Crippen molar-refractivity contribution in [3.05, 3.63) is 51.6 Å². The molecule has 0 unspecified atom stereocenters. The van der Waals surface area contributed by atoms with Gasteiger partial charge in [0.25, 0.3) is 5.69 Å². The summed E-state index contributed by atoms with van der Waals surface area (Å²) < 4.78 is 2.23. The summed E-state index contributed by atoms with van der Waals surface area (Å²) in [5, 5.41) is 13.2. The van der Waals surface area contributed by atoms with Crippen LogP contribution in [-0.2, 0) is 6.54 Å². The van der Waals surface area contributed by atoms with E-state index in [1.54, 1.807) is 6.07 Å². The van der Waals surface area contributed by atoms with E-state index in [9.17, 15) is 10.1 Å². The Morgan fingerprint density at radius 3 is 2.60 bits per heavy atom. The van der Waals surface area contributed by atoms with Crippen molar-refractivity contribution < 1.29 is 4.92 Å². The quantitative estimate of drug-likeness (QED) is 0.512. The molecular weight excluding hydrogens is 252 g/mol. The minimum atomic E-state index is -0.306. The highest BCUT2D eigenvalue weighted by Gasteiger charge is 2.19. The number of nitrogens with zero attached hydrogens (tertiary/aromatic N) is 2. The van der Waals surface area contributed by atoms with E-state index >= 15 is 0 Å². The van der Waals surface area contributed by atoms with Gasteiger partial charge in [-0.15, -0.1) is 0 Å². The molecule has 1 heterocycles. The minimum absolute atomic E-state index is 0.189. The van der Waals surface area contributed by atoms with Crippen molar-refractivity contribution in [1.82, 2.24) is 4.57 Å². The van der Waals surface area contributed by atoms with E-state index in [1.165, 1.54) is 11.1 Å². The summed E-state index contributed by atoms with van der Waals surface area (Å²) in [6, 6.07) is 9.61. The monoisotopic (exact) mass is 268 g/mol. The molecule has 0 aliphatic rings. The summed E-state index contributed by atoms with van der Waals surface area (Å²) in [5.74, 6) is 0. The van der Waals surface area contributed by atoms with Gasteiger partial charge in [0.1, 0.15) is 0 Å². The second kappa shape index (κ2) is 4.34. The van der Waals surface area contributed by atoms with Gasteiger partial charge in [0, 0.05) is 34.5 Å². The number of hydrogen-bond acceptors (Lipinski definition) is 2. The van der Waals surface area contributed by atoms with Crippen molar-refractivity contribution in [2.45, 2.75) is 27.3 Å². The molecule has 0 N–H and O–H groups in total. The van der Waals surface area contributed by atoms with Crippen LogP contribution in [0.2, 0.25) is 0 Å². The average Bonchev–Trinajstić information content (AvgIpc) is 2.74. The van der Waals surface area contributed by atoms with Gasteiger partial charge in [-0.05, 0) is 32.4 Å². The topological polar surface area (TPSA) is 48.1 Å². The van der Waals surface area contributed by atoms with Crippen LogP contribution in [0.25, 0.3) is 21.8 Å². The smallest absolute Gasteiger partial charge is 0.273 e. The van der Waals surface area contributed by atoms with Crippen molar-refractivity contribution in [1.29, 1.82) is 0 Å². The fourth-order valence-corrected chi connectivity index (χ4v) is 3.12. The highest BCUT2D eigenvalue weighted by atomic mass is 16.6. The number of aryl methyl sites for hydroxylation is 3. The van der Waals surface area contributed by atoms with E-state index in [-0.39, 0.29) is 10.6 Å². The van der Waals surface area contributed by atoms with Gasteiger partial charge in [-0.1, -0.05) is 18.2 Å². The third-order valence-electron chi connectivity index (χ3n) is 4.00. The summed E-state index contributed by atoms with van der Waals surface area (Å²) in [7, 11) is 0. The van der Waals surface area contributed by atoms with Gasteiger partial charge in [0.2, 0.25) is 0 Å². The number of fused-ring (bicyclic) bond motifs is 3. The Morgan fingerprint density at radius 1 is 1.20 bits per heavy atom. The molecule has 20 heavy (non-hydrogen) atoms. The third kappa shape index (κ3) is 1.54. The fourth-order valence-electron chi connectivity index (χ4n) is 3.12. The van der Waals surface area contributed by atoms with Crippen LogP contribution < -0.4 is 0 Å². The maximum Gasteiger partial charge on any atom is 0.273 e. The average molecular weight is 268 g/mol. The summed E-state index contributed by atoms with van der Waals surface area (Å²) in [4.78, 5) is 10.8. The first-order valence-electron chi connectivity index (χ1n) is 6.71. The molecular formula is C16H16N2O2. The van der Waals surface area contributed by atoms with Crippen LogP contribution >= 0.6 is 0 Å². The van der Waals surface area contributed by atoms with E-state index in [0.29, 0.717) is 0 Å². The zero-order chi connectivity index (χ0) is 14.4. The Morgan fingerprint density at radius 2 is 1.95 bits per heavy atom. The van der Waals surface area contributed by atoms with Gasteiger partial charge in [0.05, 0.1) is 10.4 Å². The van der Waals surface area contributed by atoms with Crippen LogP contribution in [0.5, 0.6) is 0 Å². The molecule has 0 amide bonds. The molecule has 0 fully saturated rings. The maximum atomic E-state index is 11.1. The van der Waals surface area contributed by atoms with E-state index in [4.69, 9.17) is 0 Å². The summed E-state index contributed by atoms with van der Waals surface area (Å²) in [6.07, 6.45) is 0. The van der Waals surface area contributed by atoms with Crippen molar-refractivity contribution in [2.24, 2.45) is 0 Å². The number of rotatable bonds is 2. The van der Waals surface area contributed by atoms with E-state index < -0.39 is 0 Å². The number of hydrogen-bond donors (Lipinski definition) is 0. The number of nitro benzene ring substituents is 1. The molecule has 0 spiro atoms. The summed E-state index contributed by atoms with van der Waals surface area (Å²) >= 11 is 0. The number of para-hydroxylation sites is 1. The first kappa shape index (κ1) is 12.7.